The van der Waals surface area contributed by atoms with Crippen molar-refractivity contribution in [3.05, 3.63) is 84.4 Å². The zero-order valence-electron chi connectivity index (χ0n) is 15.6. The molecule has 28 heavy (non-hydrogen) atoms. The summed E-state index contributed by atoms with van der Waals surface area (Å²) in [6.07, 6.45) is 1.05. The molecule has 3 aromatic carbocycles. The van der Waals surface area contributed by atoms with E-state index < -0.39 is 0 Å². The monoisotopic (exact) mass is 376 g/mol. The van der Waals surface area contributed by atoms with Crippen LogP contribution in [0.4, 0.5) is 11.4 Å². The number of hydrogen-bond acceptors (Lipinski definition) is 4. The van der Waals surface area contributed by atoms with Crippen LogP contribution in [0.2, 0.25) is 0 Å². The van der Waals surface area contributed by atoms with Gasteiger partial charge >= 0.3 is 0 Å². The minimum atomic E-state index is -0.0349. The second kappa shape index (κ2) is 10.0. The topological polar surface area (TPSA) is 73.6 Å². The number of anilines is 2. The Bertz CT molecular complexity index is 880. The second-order valence-electron chi connectivity index (χ2n) is 6.33. The van der Waals surface area contributed by atoms with E-state index >= 15 is 0 Å². The number of carbonyl (C=O) groups excluding carboxylic acids is 1. The number of ether oxygens (including phenoxy) is 2. The van der Waals surface area contributed by atoms with Crippen molar-refractivity contribution in [1.29, 1.82) is 0 Å². The molecule has 0 bridgehead atoms. The normalized spacial score (nSPS) is 10.3. The van der Waals surface area contributed by atoms with Crippen molar-refractivity contribution in [2.24, 2.45) is 0 Å². The van der Waals surface area contributed by atoms with E-state index in [2.05, 4.69) is 5.32 Å². The first-order valence-corrected chi connectivity index (χ1v) is 9.24. The summed E-state index contributed by atoms with van der Waals surface area (Å²) in [5.74, 6) is 1.52. The van der Waals surface area contributed by atoms with E-state index in [0.29, 0.717) is 31.7 Å². The molecule has 3 rings (SSSR count). The van der Waals surface area contributed by atoms with Crippen LogP contribution < -0.4 is 20.5 Å². The maximum absolute atomic E-state index is 12.1. The van der Waals surface area contributed by atoms with Gasteiger partial charge in [-0.1, -0.05) is 30.3 Å². The van der Waals surface area contributed by atoms with Crippen LogP contribution in [0.3, 0.4) is 0 Å². The van der Waals surface area contributed by atoms with Crippen LogP contribution in [-0.4, -0.2) is 19.1 Å². The molecule has 0 aliphatic rings. The van der Waals surface area contributed by atoms with Crippen LogP contribution in [0, 0.1) is 0 Å². The molecule has 0 fully saturated rings. The van der Waals surface area contributed by atoms with Gasteiger partial charge in [0.25, 0.3) is 0 Å². The number of amides is 1. The number of hydrogen-bond donors (Lipinski definition) is 2. The molecule has 0 saturated carbocycles. The largest absolute Gasteiger partial charge is 0.490 e. The van der Waals surface area contributed by atoms with Crippen molar-refractivity contribution >= 4 is 17.3 Å². The van der Waals surface area contributed by atoms with Gasteiger partial charge in [0.1, 0.15) is 24.7 Å². The minimum Gasteiger partial charge on any atom is -0.490 e. The summed E-state index contributed by atoms with van der Waals surface area (Å²) in [6, 6.07) is 24.5. The molecule has 0 aliphatic carbocycles. The summed E-state index contributed by atoms with van der Waals surface area (Å²) < 4.78 is 11.2. The number of nitrogens with two attached hydrogens (primary N) is 1. The van der Waals surface area contributed by atoms with E-state index in [1.807, 2.05) is 78.9 Å². The number of nitrogens with one attached hydrogen (secondary N) is 1. The lowest BCUT2D eigenvalue weighted by atomic mass is 10.1. The van der Waals surface area contributed by atoms with Crippen LogP contribution in [0.25, 0.3) is 0 Å². The summed E-state index contributed by atoms with van der Waals surface area (Å²) >= 11 is 0. The molecular formula is C23H24N2O3. The molecule has 3 N–H and O–H groups in total. The lowest BCUT2D eigenvalue weighted by Crippen LogP contribution is -2.12. The number of nitrogen functional groups attached to an aromatic ring is 1. The predicted molar refractivity (Wildman–Crippen MR) is 112 cm³/mol. The van der Waals surface area contributed by atoms with E-state index in [4.69, 9.17) is 15.2 Å². The Morgan fingerprint density at radius 2 is 1.50 bits per heavy atom. The lowest BCUT2D eigenvalue weighted by molar-refractivity contribution is -0.116. The number of rotatable bonds is 9. The highest BCUT2D eigenvalue weighted by Gasteiger charge is 2.04. The quantitative estimate of drug-likeness (QED) is 0.431. The van der Waals surface area contributed by atoms with Crippen LogP contribution in [0.15, 0.2) is 78.9 Å². The Hall–Kier alpha value is -3.47. The van der Waals surface area contributed by atoms with Gasteiger partial charge < -0.3 is 20.5 Å². The van der Waals surface area contributed by atoms with Gasteiger partial charge in [-0.05, 0) is 60.5 Å². The summed E-state index contributed by atoms with van der Waals surface area (Å²) in [5.41, 5.74) is 8.26. The number of para-hydroxylation sites is 1. The third-order valence-electron chi connectivity index (χ3n) is 4.09. The average molecular weight is 376 g/mol. The molecule has 0 heterocycles. The van der Waals surface area contributed by atoms with Gasteiger partial charge in [-0.15, -0.1) is 0 Å². The molecule has 0 saturated heterocycles. The van der Waals surface area contributed by atoms with Crippen LogP contribution >= 0.6 is 0 Å². The van der Waals surface area contributed by atoms with E-state index in [9.17, 15) is 4.79 Å². The Kier molecular flexibility index (Phi) is 6.90. The van der Waals surface area contributed by atoms with Crippen molar-refractivity contribution in [1.82, 2.24) is 0 Å². The zero-order valence-corrected chi connectivity index (χ0v) is 15.6. The van der Waals surface area contributed by atoms with Crippen molar-refractivity contribution in [3.8, 4) is 11.5 Å². The molecule has 0 radical (unpaired) electrons. The van der Waals surface area contributed by atoms with Gasteiger partial charge in [0.15, 0.2) is 0 Å². The fourth-order valence-corrected chi connectivity index (χ4v) is 2.70. The van der Waals surface area contributed by atoms with Crippen molar-refractivity contribution < 1.29 is 14.3 Å². The third kappa shape index (κ3) is 6.36. The second-order valence-corrected chi connectivity index (χ2v) is 6.33. The third-order valence-corrected chi connectivity index (χ3v) is 4.09. The molecule has 0 unspecified atom stereocenters. The van der Waals surface area contributed by atoms with Crippen molar-refractivity contribution in [2.45, 2.75) is 12.8 Å². The Morgan fingerprint density at radius 1 is 0.821 bits per heavy atom. The van der Waals surface area contributed by atoms with E-state index in [0.717, 1.165) is 22.7 Å². The maximum Gasteiger partial charge on any atom is 0.224 e. The number of aryl methyl sites for hydroxylation is 1. The number of benzene rings is 3. The highest BCUT2D eigenvalue weighted by molar-refractivity contribution is 5.90. The molecule has 3 aromatic rings. The van der Waals surface area contributed by atoms with Gasteiger partial charge in [0.05, 0.1) is 0 Å². The maximum atomic E-state index is 12.1. The standard InChI is InChI=1S/C23H24N2O3/c24-19-6-4-5-18(17-19)9-14-23(26)25-20-10-12-22(13-11-20)28-16-15-27-21-7-2-1-3-8-21/h1-8,10-13,17H,9,14-16,24H2,(H,25,26). The average Bonchev–Trinajstić information content (AvgIpc) is 2.72. The fraction of sp³-hybridized carbons (Fsp3) is 0.174. The first-order valence-electron chi connectivity index (χ1n) is 9.24. The van der Waals surface area contributed by atoms with Gasteiger partial charge in [0.2, 0.25) is 5.91 Å². The van der Waals surface area contributed by atoms with Gasteiger partial charge in [-0.3, -0.25) is 4.79 Å². The molecule has 5 heteroatoms. The van der Waals surface area contributed by atoms with Crippen molar-refractivity contribution in [3.63, 3.8) is 0 Å². The molecule has 5 nitrogen and oxygen atoms in total. The molecule has 0 spiro atoms. The van der Waals surface area contributed by atoms with Gasteiger partial charge in [0, 0.05) is 17.8 Å². The number of carbonyl (C=O) groups is 1. The van der Waals surface area contributed by atoms with E-state index in [1.54, 1.807) is 0 Å². The Labute approximate surface area is 165 Å². The van der Waals surface area contributed by atoms with E-state index in [1.165, 1.54) is 0 Å². The summed E-state index contributed by atoms with van der Waals surface area (Å²) in [6.45, 7) is 0.910. The Morgan fingerprint density at radius 3 is 2.18 bits per heavy atom. The minimum absolute atomic E-state index is 0.0349. The smallest absolute Gasteiger partial charge is 0.224 e. The lowest BCUT2D eigenvalue weighted by Gasteiger charge is -2.10. The van der Waals surface area contributed by atoms with E-state index in [-0.39, 0.29) is 5.91 Å². The zero-order chi connectivity index (χ0) is 19.6. The summed E-state index contributed by atoms with van der Waals surface area (Å²) in [5, 5.41) is 2.89. The molecule has 0 atom stereocenters. The highest BCUT2D eigenvalue weighted by Crippen LogP contribution is 2.17. The molecule has 144 valence electrons. The van der Waals surface area contributed by atoms with Crippen LogP contribution in [0.5, 0.6) is 11.5 Å². The predicted octanol–water partition coefficient (Wildman–Crippen LogP) is 4.30. The van der Waals surface area contributed by atoms with Gasteiger partial charge in [-0.2, -0.15) is 0 Å². The molecule has 0 aliphatic heterocycles. The molecule has 1 amide bonds. The fourth-order valence-electron chi connectivity index (χ4n) is 2.70. The SMILES string of the molecule is Nc1cccc(CCC(=O)Nc2ccc(OCCOc3ccccc3)cc2)c1. The van der Waals surface area contributed by atoms with Crippen molar-refractivity contribution in [2.75, 3.05) is 24.3 Å². The highest BCUT2D eigenvalue weighted by atomic mass is 16.5. The summed E-state index contributed by atoms with van der Waals surface area (Å²) in [4.78, 5) is 12.1. The Balaban J connectivity index is 1.38. The summed E-state index contributed by atoms with van der Waals surface area (Å²) in [7, 11) is 0. The first-order chi connectivity index (χ1) is 13.7. The van der Waals surface area contributed by atoms with Crippen LogP contribution in [-0.2, 0) is 11.2 Å². The first kappa shape index (κ1) is 19.3. The molecule has 0 aromatic heterocycles. The molecular weight excluding hydrogens is 352 g/mol. The van der Waals surface area contributed by atoms with Crippen LogP contribution in [0.1, 0.15) is 12.0 Å². The van der Waals surface area contributed by atoms with Gasteiger partial charge in [-0.25, -0.2) is 0 Å².